The lowest BCUT2D eigenvalue weighted by Gasteiger charge is -2.34. The number of nitrogens with one attached hydrogen (secondary N) is 2. The number of halogens is 6. The molecule has 0 fully saturated rings. The smallest absolute Gasteiger partial charge is 0.464 e. The maximum Gasteiger partial charge on any atom is 0.573 e. The third kappa shape index (κ3) is 9.51. The normalized spacial score (nSPS) is 15.5. The van der Waals surface area contributed by atoms with Crippen LogP contribution in [0.3, 0.4) is 0 Å². The van der Waals surface area contributed by atoms with Gasteiger partial charge in [0.05, 0.1) is 25.6 Å². The van der Waals surface area contributed by atoms with Gasteiger partial charge in [-0.2, -0.15) is 13.2 Å². The number of nitrogens with zero attached hydrogens (tertiary/aromatic N) is 4. The van der Waals surface area contributed by atoms with E-state index in [1.54, 1.807) is 18.4 Å². The van der Waals surface area contributed by atoms with Crippen LogP contribution in [0.2, 0.25) is 0 Å². The summed E-state index contributed by atoms with van der Waals surface area (Å²) in [7, 11) is -4.51. The topological polar surface area (TPSA) is 156 Å². The molecule has 0 radical (unpaired) electrons. The van der Waals surface area contributed by atoms with Crippen LogP contribution in [0.1, 0.15) is 45.7 Å². The van der Waals surface area contributed by atoms with Crippen molar-refractivity contribution in [3.05, 3.63) is 42.5 Å². The van der Waals surface area contributed by atoms with Crippen LogP contribution in [0.5, 0.6) is 5.75 Å². The average Bonchev–Trinajstić information content (AvgIpc) is 3.32. The van der Waals surface area contributed by atoms with Crippen LogP contribution in [0, 0.1) is 0 Å². The largest absolute Gasteiger partial charge is 0.573 e. The van der Waals surface area contributed by atoms with Gasteiger partial charge in [-0.3, -0.25) is 9.36 Å². The molecule has 2 heterocycles. The van der Waals surface area contributed by atoms with Crippen LogP contribution in [0.15, 0.2) is 36.9 Å². The first-order valence-corrected chi connectivity index (χ1v) is 15.0. The number of alkyl halides is 6. The molecule has 4 N–H and O–H groups in total. The lowest BCUT2D eigenvalue weighted by atomic mass is 10.1. The summed E-state index contributed by atoms with van der Waals surface area (Å²) in [6.07, 6.45) is -8.67. The van der Waals surface area contributed by atoms with Gasteiger partial charge < -0.3 is 24.5 Å². The molecular formula is C25H32F6N7O5P. The van der Waals surface area contributed by atoms with E-state index in [1.807, 2.05) is 5.09 Å². The fraction of sp³-hybridized carbons (Fsp3) is 0.520. The highest BCUT2D eigenvalue weighted by Gasteiger charge is 2.47. The molecular weight excluding hydrogens is 623 g/mol. The van der Waals surface area contributed by atoms with Gasteiger partial charge in [0.1, 0.15) is 35.5 Å². The molecule has 0 unspecified atom stereocenters. The molecule has 12 nitrogen and oxygen atoms in total. The predicted molar refractivity (Wildman–Crippen MR) is 146 cm³/mol. The third-order valence-electron chi connectivity index (χ3n) is 5.94. The lowest BCUT2D eigenvalue weighted by Crippen LogP contribution is -2.50. The van der Waals surface area contributed by atoms with Crippen LogP contribution in [0.4, 0.5) is 32.2 Å². The first-order valence-electron chi connectivity index (χ1n) is 13.1. The molecule has 0 spiro atoms. The minimum absolute atomic E-state index is 0.0136. The first-order chi connectivity index (χ1) is 20.3. The summed E-state index contributed by atoms with van der Waals surface area (Å²) in [6.45, 7) is 5.92. The Bertz CT molecular complexity index is 1470. The molecule has 0 bridgehead atoms. The molecule has 0 aliphatic rings. The molecule has 3 atom stereocenters. The number of nitrogen functional groups attached to an aromatic ring is 1. The van der Waals surface area contributed by atoms with Crippen molar-refractivity contribution >= 4 is 30.4 Å². The Morgan fingerprint density at radius 1 is 1.09 bits per heavy atom. The Hall–Kier alpha value is -3.47. The molecule has 0 aliphatic heterocycles. The Morgan fingerprint density at radius 2 is 1.75 bits per heavy atom. The fourth-order valence-corrected chi connectivity index (χ4v) is 6.35. The second-order valence-electron chi connectivity index (χ2n) is 10.3. The molecule has 0 saturated carbocycles. The van der Waals surface area contributed by atoms with Gasteiger partial charge >= 0.3 is 18.5 Å². The quantitative estimate of drug-likeness (QED) is 0.121. The summed E-state index contributed by atoms with van der Waals surface area (Å²) < 4.78 is 111. The minimum atomic E-state index is -5.09. The lowest BCUT2D eigenvalue weighted by molar-refractivity contribution is -0.274. The zero-order valence-corrected chi connectivity index (χ0v) is 25.0. The number of aromatic nitrogens is 4. The Kier molecular flexibility index (Phi) is 10.9. The van der Waals surface area contributed by atoms with Gasteiger partial charge in [-0.1, -0.05) is 19.1 Å². The van der Waals surface area contributed by atoms with Crippen molar-refractivity contribution in [1.82, 2.24) is 29.7 Å². The summed E-state index contributed by atoms with van der Waals surface area (Å²) in [4.78, 5) is 24.8. The number of nitrogens with two attached hydrogens (primary N) is 1. The summed E-state index contributed by atoms with van der Waals surface area (Å²) in [5.74, 6) is -1.50. The zero-order chi connectivity index (χ0) is 32.9. The summed E-state index contributed by atoms with van der Waals surface area (Å²) in [5, 5.41) is 4.50. The summed E-state index contributed by atoms with van der Waals surface area (Å²) in [6, 6.07) is 0.228. The van der Waals surface area contributed by atoms with Crippen molar-refractivity contribution in [2.45, 2.75) is 70.9 Å². The number of hydrogen-bond acceptors (Lipinski definition) is 9. The Balaban J connectivity index is 1.88. The van der Waals surface area contributed by atoms with E-state index in [0.29, 0.717) is 29.7 Å². The van der Waals surface area contributed by atoms with Gasteiger partial charge in [0.25, 0.3) is 0 Å². The average molecular weight is 656 g/mol. The van der Waals surface area contributed by atoms with E-state index in [1.165, 1.54) is 26.5 Å². The molecule has 244 valence electrons. The predicted octanol–water partition coefficient (Wildman–Crippen LogP) is 5.08. The highest BCUT2D eigenvalue weighted by Crippen LogP contribution is 2.47. The number of rotatable bonds is 14. The number of esters is 1. The SMILES string of the molecule is CCCOC(=O)C(C)(C)N[P@@](=O)(CO[C@H](C)Cn1cnc2c(N)ncnc21)N[C@H](c1ccc(OC(F)(F)F)cc1)C(F)(F)F. The Morgan fingerprint density at radius 3 is 2.34 bits per heavy atom. The number of hydrogen-bond donors (Lipinski definition) is 3. The van der Waals surface area contributed by atoms with Gasteiger partial charge in [0, 0.05) is 0 Å². The van der Waals surface area contributed by atoms with Crippen LogP contribution >= 0.6 is 7.44 Å². The van der Waals surface area contributed by atoms with Crippen LogP contribution < -0.4 is 20.6 Å². The van der Waals surface area contributed by atoms with Gasteiger partial charge in [-0.25, -0.2) is 25.1 Å². The van der Waals surface area contributed by atoms with Crippen molar-refractivity contribution in [3.63, 3.8) is 0 Å². The first kappa shape index (κ1) is 35.0. The van der Waals surface area contributed by atoms with Crippen molar-refractivity contribution in [1.29, 1.82) is 0 Å². The monoisotopic (exact) mass is 655 g/mol. The number of carbonyl (C=O) groups is 1. The highest BCUT2D eigenvalue weighted by molar-refractivity contribution is 7.59. The molecule has 44 heavy (non-hydrogen) atoms. The number of benzene rings is 1. The Labute approximate surface area is 248 Å². The maximum atomic E-state index is 14.3. The standard InChI is InChI=1S/C25H32F6N7O5P/c1-5-10-41-22(39)23(3,4)37-44(40,14-42-15(2)11-38-13-35-18-20(32)33-12-34-21(18)38)36-19(24(26,27)28)16-6-8-17(9-7-16)43-25(29,30)31/h6-9,12-13,15,19H,5,10-11,14H2,1-4H3,(H2,32,33,34)(H2,36,37,40)/t15-,19-,44-/m1/s1. The third-order valence-corrected chi connectivity index (χ3v) is 8.05. The van der Waals surface area contributed by atoms with E-state index in [0.717, 1.165) is 12.1 Å². The van der Waals surface area contributed by atoms with Crippen molar-refractivity contribution in [2.24, 2.45) is 0 Å². The molecule has 3 rings (SSSR count). The van der Waals surface area contributed by atoms with E-state index in [4.69, 9.17) is 15.2 Å². The highest BCUT2D eigenvalue weighted by atomic mass is 31.2. The van der Waals surface area contributed by atoms with E-state index in [2.05, 4.69) is 24.8 Å². The summed E-state index contributed by atoms with van der Waals surface area (Å²) >= 11 is 0. The van der Waals surface area contributed by atoms with E-state index >= 15 is 0 Å². The van der Waals surface area contributed by atoms with Crippen molar-refractivity contribution in [2.75, 3.05) is 18.7 Å². The van der Waals surface area contributed by atoms with Gasteiger partial charge in [-0.15, -0.1) is 13.2 Å². The van der Waals surface area contributed by atoms with E-state index in [-0.39, 0.29) is 19.0 Å². The second kappa shape index (κ2) is 13.7. The molecule has 0 aliphatic carbocycles. The van der Waals surface area contributed by atoms with Crippen LogP contribution in [-0.2, 0) is 25.4 Å². The van der Waals surface area contributed by atoms with Crippen LogP contribution in [-0.4, -0.2) is 62.6 Å². The number of ether oxygens (including phenoxy) is 3. The number of anilines is 1. The minimum Gasteiger partial charge on any atom is -0.464 e. The van der Waals surface area contributed by atoms with Crippen molar-refractivity contribution < 1.29 is 49.9 Å². The fourth-order valence-electron chi connectivity index (χ4n) is 3.98. The summed E-state index contributed by atoms with van der Waals surface area (Å²) in [5.41, 5.74) is 4.16. The van der Waals surface area contributed by atoms with Gasteiger partial charge in [0.2, 0.25) is 7.44 Å². The van der Waals surface area contributed by atoms with Gasteiger partial charge in [0.15, 0.2) is 11.5 Å². The van der Waals surface area contributed by atoms with E-state index in [9.17, 15) is 35.7 Å². The van der Waals surface area contributed by atoms with Gasteiger partial charge in [-0.05, 0) is 44.9 Å². The zero-order valence-electron chi connectivity index (χ0n) is 24.1. The number of imidazole rings is 1. The van der Waals surface area contributed by atoms with Crippen LogP contribution in [0.25, 0.3) is 11.2 Å². The molecule has 19 heteroatoms. The molecule has 2 aromatic heterocycles. The van der Waals surface area contributed by atoms with Crippen molar-refractivity contribution in [3.8, 4) is 5.75 Å². The molecule has 3 aromatic rings. The molecule has 0 amide bonds. The molecule has 1 aromatic carbocycles. The van der Waals surface area contributed by atoms with E-state index < -0.39 is 61.3 Å². The number of fused-ring (bicyclic) bond motifs is 1. The molecule has 0 saturated heterocycles. The number of carbonyl (C=O) groups excluding carboxylic acids is 1. The maximum absolute atomic E-state index is 14.3. The second-order valence-corrected chi connectivity index (χ2v) is 12.5.